The van der Waals surface area contributed by atoms with Crippen molar-refractivity contribution in [3.8, 4) is 0 Å². The van der Waals surface area contributed by atoms with Crippen LogP contribution in [-0.4, -0.2) is 8.76 Å². The van der Waals surface area contributed by atoms with Crippen LogP contribution in [0.1, 0.15) is 0 Å². The lowest BCUT2D eigenvalue weighted by atomic mass is 10.9. The Morgan fingerprint density at radius 3 is 2.67 bits per heavy atom. The summed E-state index contributed by atoms with van der Waals surface area (Å²) >= 11 is -2.09. The number of rotatable bonds is 1. The molecular weight excluding hydrogens is 144 g/mol. The average molecular weight is 148 g/mol. The van der Waals surface area contributed by atoms with E-state index in [1.165, 1.54) is 12.5 Å². The predicted octanol–water partition coefficient (Wildman–Crippen LogP) is 0.525. The molecule has 0 fully saturated rings. The van der Waals surface area contributed by atoms with Crippen molar-refractivity contribution >= 4 is 11.1 Å². The molecule has 1 aliphatic rings. The van der Waals surface area contributed by atoms with Gasteiger partial charge in [-0.05, 0) is 0 Å². The van der Waals surface area contributed by atoms with E-state index in [0.29, 0.717) is 0 Å². The summed E-state index contributed by atoms with van der Waals surface area (Å²) in [6, 6.07) is 0. The van der Waals surface area contributed by atoms with Gasteiger partial charge in [-0.2, -0.15) is 0 Å². The Kier molecular flexibility index (Phi) is 1.86. The SMILES string of the molecule is O=S(O)C1=COC=CO1. The van der Waals surface area contributed by atoms with Crippen molar-refractivity contribution in [3.63, 3.8) is 0 Å². The topological polar surface area (TPSA) is 55.8 Å². The molecule has 0 aromatic heterocycles. The Balaban J connectivity index is 2.61. The van der Waals surface area contributed by atoms with Gasteiger partial charge in [0.25, 0.3) is 5.09 Å². The van der Waals surface area contributed by atoms with Crippen LogP contribution in [0.5, 0.6) is 0 Å². The van der Waals surface area contributed by atoms with Crippen molar-refractivity contribution < 1.29 is 18.2 Å². The molecule has 1 heterocycles. The molecule has 1 aliphatic heterocycles. The third-order valence-electron chi connectivity index (χ3n) is 0.655. The van der Waals surface area contributed by atoms with Crippen molar-refractivity contribution in [2.24, 2.45) is 0 Å². The maximum Gasteiger partial charge on any atom is 0.252 e. The molecule has 0 spiro atoms. The highest BCUT2D eigenvalue weighted by Crippen LogP contribution is 2.06. The van der Waals surface area contributed by atoms with Crippen molar-refractivity contribution in [1.82, 2.24) is 0 Å². The van der Waals surface area contributed by atoms with Crippen LogP contribution in [0.2, 0.25) is 0 Å². The molecule has 0 aliphatic carbocycles. The molecule has 50 valence electrons. The van der Waals surface area contributed by atoms with Gasteiger partial charge in [-0.25, -0.2) is 4.21 Å². The van der Waals surface area contributed by atoms with Crippen LogP contribution in [-0.2, 0) is 20.6 Å². The second-order valence-electron chi connectivity index (χ2n) is 1.21. The minimum atomic E-state index is -2.09. The van der Waals surface area contributed by atoms with E-state index in [-0.39, 0.29) is 5.09 Å². The van der Waals surface area contributed by atoms with Crippen LogP contribution in [0.3, 0.4) is 0 Å². The second-order valence-corrected chi connectivity index (χ2v) is 2.11. The van der Waals surface area contributed by atoms with Crippen LogP contribution in [0, 0.1) is 0 Å². The van der Waals surface area contributed by atoms with Crippen molar-refractivity contribution in [2.75, 3.05) is 0 Å². The molecule has 0 aromatic carbocycles. The molecule has 0 saturated heterocycles. The van der Waals surface area contributed by atoms with E-state index >= 15 is 0 Å². The van der Waals surface area contributed by atoms with Gasteiger partial charge in [0.15, 0.2) is 0 Å². The molecule has 1 rings (SSSR count). The number of hydrogen-bond acceptors (Lipinski definition) is 3. The summed E-state index contributed by atoms with van der Waals surface area (Å²) < 4.78 is 27.6. The fourth-order valence-corrected chi connectivity index (χ4v) is 0.608. The summed E-state index contributed by atoms with van der Waals surface area (Å²) in [6.45, 7) is 0. The average Bonchev–Trinajstić information content (AvgIpc) is 1.90. The van der Waals surface area contributed by atoms with E-state index in [1.54, 1.807) is 0 Å². The molecule has 1 unspecified atom stereocenters. The van der Waals surface area contributed by atoms with Crippen molar-refractivity contribution in [1.29, 1.82) is 0 Å². The van der Waals surface area contributed by atoms with Crippen LogP contribution >= 0.6 is 0 Å². The van der Waals surface area contributed by atoms with Gasteiger partial charge in [-0.15, -0.1) is 0 Å². The van der Waals surface area contributed by atoms with Gasteiger partial charge in [0.05, 0.1) is 0 Å². The fraction of sp³-hybridized carbons (Fsp3) is 0. The molecule has 1 N–H and O–H groups in total. The van der Waals surface area contributed by atoms with Crippen LogP contribution in [0.15, 0.2) is 23.9 Å². The molecule has 5 heteroatoms. The normalized spacial score (nSPS) is 19.4. The van der Waals surface area contributed by atoms with Gasteiger partial charge < -0.3 is 9.47 Å². The molecular formula is C4H4O4S. The van der Waals surface area contributed by atoms with Gasteiger partial charge in [-0.3, -0.25) is 4.55 Å². The number of hydrogen-bond donors (Lipinski definition) is 1. The molecule has 0 bridgehead atoms. The molecule has 0 radical (unpaired) electrons. The van der Waals surface area contributed by atoms with Crippen LogP contribution in [0.25, 0.3) is 0 Å². The Morgan fingerprint density at radius 1 is 1.56 bits per heavy atom. The molecule has 0 saturated carbocycles. The highest BCUT2D eigenvalue weighted by Gasteiger charge is 2.06. The zero-order valence-electron chi connectivity index (χ0n) is 4.31. The molecule has 9 heavy (non-hydrogen) atoms. The Bertz CT molecular complexity index is 183. The van der Waals surface area contributed by atoms with E-state index in [1.807, 2.05) is 0 Å². The van der Waals surface area contributed by atoms with E-state index < -0.39 is 11.1 Å². The highest BCUT2D eigenvalue weighted by atomic mass is 32.2. The summed E-state index contributed by atoms with van der Waals surface area (Å²) in [5.41, 5.74) is 0. The minimum Gasteiger partial charge on any atom is -0.465 e. The van der Waals surface area contributed by atoms with Crippen molar-refractivity contribution in [3.05, 3.63) is 23.9 Å². The third-order valence-corrected chi connectivity index (χ3v) is 1.19. The zero-order valence-corrected chi connectivity index (χ0v) is 5.13. The van der Waals surface area contributed by atoms with Crippen LogP contribution in [0.4, 0.5) is 0 Å². The first-order valence-electron chi connectivity index (χ1n) is 2.09. The van der Waals surface area contributed by atoms with Crippen molar-refractivity contribution in [2.45, 2.75) is 0 Å². The Hall–Kier alpha value is -0.810. The van der Waals surface area contributed by atoms with Gasteiger partial charge in [0.2, 0.25) is 11.1 Å². The van der Waals surface area contributed by atoms with E-state index in [9.17, 15) is 4.21 Å². The molecule has 0 amide bonds. The molecule has 0 aromatic rings. The molecule has 4 nitrogen and oxygen atoms in total. The quantitative estimate of drug-likeness (QED) is 0.551. The lowest BCUT2D eigenvalue weighted by molar-refractivity contribution is 0.275. The maximum absolute atomic E-state index is 10.2. The first kappa shape index (κ1) is 6.31. The van der Waals surface area contributed by atoms with E-state index in [2.05, 4.69) is 9.47 Å². The first-order chi connectivity index (χ1) is 4.30. The van der Waals surface area contributed by atoms with Gasteiger partial charge >= 0.3 is 0 Å². The summed E-state index contributed by atoms with van der Waals surface area (Å²) in [7, 11) is 0. The molecule has 1 atom stereocenters. The Labute approximate surface area is 54.1 Å². The fourth-order valence-electron chi connectivity index (χ4n) is 0.332. The maximum atomic E-state index is 10.2. The van der Waals surface area contributed by atoms with Gasteiger partial charge in [-0.1, -0.05) is 0 Å². The standard InChI is InChI=1S/C4H4O4S/c5-9(6)4-3-7-1-2-8-4/h1-3H,(H,5,6). The number of ether oxygens (including phenoxy) is 2. The summed E-state index contributed by atoms with van der Waals surface area (Å²) in [4.78, 5) is 0. The smallest absolute Gasteiger partial charge is 0.252 e. The summed E-state index contributed by atoms with van der Waals surface area (Å²) in [5, 5.41) is -0.0995. The summed E-state index contributed by atoms with van der Waals surface area (Å²) in [5.74, 6) is 0. The predicted molar refractivity (Wildman–Crippen MR) is 30.2 cm³/mol. The first-order valence-corrected chi connectivity index (χ1v) is 3.19. The van der Waals surface area contributed by atoms with E-state index in [0.717, 1.165) is 6.26 Å². The van der Waals surface area contributed by atoms with Crippen LogP contribution < -0.4 is 0 Å². The Morgan fingerprint density at radius 2 is 2.33 bits per heavy atom. The summed E-state index contributed by atoms with van der Waals surface area (Å²) in [6.07, 6.45) is 3.51. The monoisotopic (exact) mass is 148 g/mol. The lowest BCUT2D eigenvalue weighted by Gasteiger charge is -2.03. The van der Waals surface area contributed by atoms with Gasteiger partial charge in [0.1, 0.15) is 18.8 Å². The third kappa shape index (κ3) is 1.55. The van der Waals surface area contributed by atoms with Gasteiger partial charge in [0, 0.05) is 0 Å². The minimum absolute atomic E-state index is 0.0995. The second kappa shape index (κ2) is 2.65. The zero-order chi connectivity index (χ0) is 6.69. The lowest BCUT2D eigenvalue weighted by Crippen LogP contribution is -1.97. The largest absolute Gasteiger partial charge is 0.465 e. The highest BCUT2D eigenvalue weighted by molar-refractivity contribution is 7.83. The van der Waals surface area contributed by atoms with E-state index in [4.69, 9.17) is 4.55 Å².